The maximum Gasteiger partial charge on any atom is 0.288 e. The Hall–Kier alpha value is -1.70. The van der Waals surface area contributed by atoms with Crippen LogP contribution in [0.2, 0.25) is 5.02 Å². The van der Waals surface area contributed by atoms with Crippen LogP contribution in [-0.4, -0.2) is 29.3 Å². The molecule has 8 heteroatoms. The summed E-state index contributed by atoms with van der Waals surface area (Å²) in [6, 6.07) is 5.48. The summed E-state index contributed by atoms with van der Waals surface area (Å²) in [5, 5.41) is 3.27. The number of nitrogens with zero attached hydrogens (tertiary/aromatic N) is 3. The monoisotopic (exact) mass is 379 g/mol. The van der Waals surface area contributed by atoms with Crippen LogP contribution >= 0.6 is 23.4 Å². The molecule has 1 aliphatic heterocycles. The minimum atomic E-state index is -0.152. The van der Waals surface area contributed by atoms with Gasteiger partial charge in [0.15, 0.2) is 0 Å². The summed E-state index contributed by atoms with van der Waals surface area (Å²) in [7, 11) is 0. The van der Waals surface area contributed by atoms with Crippen LogP contribution in [-0.2, 0) is 0 Å². The lowest BCUT2D eigenvalue weighted by molar-refractivity contribution is 0.234. The van der Waals surface area contributed by atoms with Crippen molar-refractivity contribution in [1.29, 1.82) is 0 Å². The van der Waals surface area contributed by atoms with E-state index >= 15 is 0 Å². The summed E-state index contributed by atoms with van der Waals surface area (Å²) in [6.07, 6.45) is 4.91. The highest BCUT2D eigenvalue weighted by Crippen LogP contribution is 2.36. The number of nitrogens with two attached hydrogens (primary N) is 2. The molecule has 0 aliphatic carbocycles. The van der Waals surface area contributed by atoms with Crippen molar-refractivity contribution < 1.29 is 0 Å². The van der Waals surface area contributed by atoms with Crippen molar-refractivity contribution in [1.82, 2.24) is 9.66 Å². The van der Waals surface area contributed by atoms with Gasteiger partial charge >= 0.3 is 0 Å². The van der Waals surface area contributed by atoms with Crippen molar-refractivity contribution >= 4 is 29.1 Å². The van der Waals surface area contributed by atoms with Gasteiger partial charge in [0.25, 0.3) is 5.56 Å². The molecular formula is C17H22ClN5OS. The van der Waals surface area contributed by atoms with Gasteiger partial charge < -0.3 is 16.5 Å². The Bertz CT molecular complexity index is 817. The SMILES string of the molecule is CC1(CN)CCN(n2c(Sc3cccc(N)c3Cl)cncc2=O)CC1. The predicted molar refractivity (Wildman–Crippen MR) is 103 cm³/mol. The van der Waals surface area contributed by atoms with E-state index < -0.39 is 0 Å². The van der Waals surface area contributed by atoms with E-state index in [0.717, 1.165) is 35.9 Å². The molecule has 6 nitrogen and oxygen atoms in total. The molecule has 1 aromatic carbocycles. The summed E-state index contributed by atoms with van der Waals surface area (Å²) in [5.74, 6) is 0. The zero-order chi connectivity index (χ0) is 18.0. The first-order chi connectivity index (χ1) is 11.9. The Morgan fingerprint density at radius 2 is 2.04 bits per heavy atom. The van der Waals surface area contributed by atoms with Gasteiger partial charge in [-0.05, 0) is 36.9 Å². The molecule has 0 atom stereocenters. The second-order valence-corrected chi connectivity index (χ2v) is 8.07. The summed E-state index contributed by atoms with van der Waals surface area (Å²) in [6.45, 7) is 4.40. The molecule has 2 heterocycles. The molecule has 0 unspecified atom stereocenters. The van der Waals surface area contributed by atoms with Crippen molar-refractivity contribution in [3.05, 3.63) is 46.0 Å². The minimum Gasteiger partial charge on any atom is -0.397 e. The number of nitrogen functional groups attached to an aromatic ring is 1. The molecule has 2 aromatic rings. The van der Waals surface area contributed by atoms with Crippen LogP contribution in [0.3, 0.4) is 0 Å². The molecule has 1 saturated heterocycles. The number of aromatic nitrogens is 2. The van der Waals surface area contributed by atoms with Crippen LogP contribution in [0, 0.1) is 5.41 Å². The molecule has 0 bridgehead atoms. The first kappa shape index (κ1) is 18.1. The van der Waals surface area contributed by atoms with Crippen molar-refractivity contribution in [2.45, 2.75) is 29.7 Å². The van der Waals surface area contributed by atoms with Gasteiger partial charge in [0.2, 0.25) is 0 Å². The van der Waals surface area contributed by atoms with E-state index in [2.05, 4.69) is 16.9 Å². The highest BCUT2D eigenvalue weighted by Gasteiger charge is 2.30. The summed E-state index contributed by atoms with van der Waals surface area (Å²) >= 11 is 7.69. The second-order valence-electron chi connectivity index (χ2n) is 6.63. The van der Waals surface area contributed by atoms with E-state index in [1.165, 1.54) is 18.0 Å². The van der Waals surface area contributed by atoms with E-state index in [-0.39, 0.29) is 11.0 Å². The molecule has 0 radical (unpaired) electrons. The third-order valence-corrected chi connectivity index (χ3v) is 6.30. The Kier molecular flexibility index (Phi) is 5.27. The van der Waals surface area contributed by atoms with Crippen molar-refractivity contribution in [3.63, 3.8) is 0 Å². The largest absolute Gasteiger partial charge is 0.397 e. The fraction of sp³-hybridized carbons (Fsp3) is 0.412. The molecule has 1 fully saturated rings. The van der Waals surface area contributed by atoms with E-state index in [1.807, 2.05) is 12.1 Å². The first-order valence-electron chi connectivity index (χ1n) is 8.18. The number of halogens is 1. The standard InChI is InChI=1S/C17H22ClN5OS/c1-17(11-19)5-7-22(8-6-17)23-14(24)9-21-10-15(23)25-13-4-2-3-12(20)16(13)18/h2-4,9-10H,5-8,11,19-20H2,1H3. The van der Waals surface area contributed by atoms with E-state index in [1.54, 1.807) is 16.9 Å². The highest BCUT2D eigenvalue weighted by molar-refractivity contribution is 7.99. The number of rotatable bonds is 4. The molecule has 134 valence electrons. The average Bonchev–Trinajstić information content (AvgIpc) is 2.60. The van der Waals surface area contributed by atoms with Crippen molar-refractivity contribution in [2.24, 2.45) is 11.1 Å². The third-order valence-electron chi connectivity index (χ3n) is 4.72. The third kappa shape index (κ3) is 3.78. The molecule has 1 aliphatic rings. The van der Waals surface area contributed by atoms with Gasteiger partial charge in [-0.3, -0.25) is 9.78 Å². The van der Waals surface area contributed by atoms with Crippen LogP contribution in [0.4, 0.5) is 5.69 Å². The van der Waals surface area contributed by atoms with Crippen LogP contribution in [0.25, 0.3) is 0 Å². The van der Waals surface area contributed by atoms with Crippen LogP contribution in [0.1, 0.15) is 19.8 Å². The number of hydrogen-bond donors (Lipinski definition) is 2. The van der Waals surface area contributed by atoms with Gasteiger partial charge in [-0.15, -0.1) is 0 Å². The number of piperidine rings is 1. The van der Waals surface area contributed by atoms with Gasteiger partial charge in [0.05, 0.1) is 23.1 Å². The van der Waals surface area contributed by atoms with Gasteiger partial charge in [-0.25, -0.2) is 4.68 Å². The van der Waals surface area contributed by atoms with Gasteiger partial charge in [0, 0.05) is 18.0 Å². The van der Waals surface area contributed by atoms with Crippen LogP contribution in [0.15, 0.2) is 45.3 Å². The Labute approximate surface area is 156 Å². The molecule has 0 spiro atoms. The summed E-state index contributed by atoms with van der Waals surface area (Å²) in [5.41, 5.74) is 12.3. The van der Waals surface area contributed by atoms with Gasteiger partial charge in [0.1, 0.15) is 5.03 Å². The summed E-state index contributed by atoms with van der Waals surface area (Å²) < 4.78 is 1.69. The molecule has 0 amide bonds. The topological polar surface area (TPSA) is 90.2 Å². The van der Waals surface area contributed by atoms with Crippen molar-refractivity contribution in [3.8, 4) is 0 Å². The van der Waals surface area contributed by atoms with Crippen LogP contribution < -0.4 is 22.0 Å². The minimum absolute atomic E-state index is 0.137. The van der Waals surface area contributed by atoms with Crippen molar-refractivity contribution in [2.75, 3.05) is 30.4 Å². The lowest BCUT2D eigenvalue weighted by Gasteiger charge is -2.40. The van der Waals surface area contributed by atoms with Gasteiger partial charge in [-0.2, -0.15) is 0 Å². The number of anilines is 1. The molecule has 3 rings (SSSR count). The fourth-order valence-electron chi connectivity index (χ4n) is 2.89. The smallest absolute Gasteiger partial charge is 0.288 e. The fourth-order valence-corrected chi connectivity index (χ4v) is 4.12. The maximum atomic E-state index is 12.5. The zero-order valence-electron chi connectivity index (χ0n) is 14.1. The molecule has 1 aromatic heterocycles. The van der Waals surface area contributed by atoms with Crippen LogP contribution in [0.5, 0.6) is 0 Å². The molecular weight excluding hydrogens is 358 g/mol. The molecule has 4 N–H and O–H groups in total. The van der Waals surface area contributed by atoms with Gasteiger partial charge in [-0.1, -0.05) is 36.4 Å². The number of benzene rings is 1. The Morgan fingerprint density at radius 1 is 1.32 bits per heavy atom. The summed E-state index contributed by atoms with van der Waals surface area (Å²) in [4.78, 5) is 17.3. The van der Waals surface area contributed by atoms with E-state index in [9.17, 15) is 4.79 Å². The quantitative estimate of drug-likeness (QED) is 0.792. The first-order valence-corrected chi connectivity index (χ1v) is 9.37. The normalized spacial score (nSPS) is 16.8. The second kappa shape index (κ2) is 7.27. The average molecular weight is 380 g/mol. The van der Waals surface area contributed by atoms with E-state index in [0.29, 0.717) is 17.3 Å². The zero-order valence-corrected chi connectivity index (χ0v) is 15.7. The lowest BCUT2D eigenvalue weighted by atomic mass is 9.81. The number of hydrogen-bond acceptors (Lipinski definition) is 6. The molecule has 25 heavy (non-hydrogen) atoms. The lowest BCUT2D eigenvalue weighted by Crippen LogP contribution is -2.51. The Balaban J connectivity index is 1.91. The predicted octanol–water partition coefficient (Wildman–Crippen LogP) is 2.33. The maximum absolute atomic E-state index is 12.5. The molecule has 0 saturated carbocycles. The Morgan fingerprint density at radius 3 is 2.72 bits per heavy atom. The highest BCUT2D eigenvalue weighted by atomic mass is 35.5. The van der Waals surface area contributed by atoms with E-state index in [4.69, 9.17) is 23.1 Å².